The minimum atomic E-state index is 0.596. The lowest BCUT2D eigenvalue weighted by Gasteiger charge is -2.31. The fourth-order valence-electron chi connectivity index (χ4n) is 2.37. The summed E-state index contributed by atoms with van der Waals surface area (Å²) >= 11 is 0. The van der Waals surface area contributed by atoms with Crippen molar-refractivity contribution in [2.45, 2.75) is 32.9 Å². The molecule has 0 saturated carbocycles. The van der Waals surface area contributed by atoms with E-state index in [9.17, 15) is 0 Å². The van der Waals surface area contributed by atoms with Crippen LogP contribution in [0.1, 0.15) is 25.8 Å². The highest BCUT2D eigenvalue weighted by atomic mass is 16.5. The molecule has 0 unspecified atom stereocenters. The zero-order chi connectivity index (χ0) is 12.8. The van der Waals surface area contributed by atoms with Gasteiger partial charge in [0.2, 0.25) is 0 Å². The molecule has 2 rings (SSSR count). The van der Waals surface area contributed by atoms with Crippen LogP contribution in [0.5, 0.6) is 5.75 Å². The number of nitrogens with zero attached hydrogens (tertiary/aromatic N) is 1. The van der Waals surface area contributed by atoms with Crippen LogP contribution in [0.2, 0.25) is 0 Å². The van der Waals surface area contributed by atoms with Crippen molar-refractivity contribution in [3.8, 4) is 5.75 Å². The van der Waals surface area contributed by atoms with Gasteiger partial charge in [0.05, 0.1) is 6.61 Å². The Morgan fingerprint density at radius 2 is 2.33 bits per heavy atom. The van der Waals surface area contributed by atoms with Crippen LogP contribution < -0.4 is 10.1 Å². The molecule has 0 bridgehead atoms. The van der Waals surface area contributed by atoms with E-state index < -0.39 is 0 Å². The monoisotopic (exact) mass is 248 g/mol. The molecule has 1 N–H and O–H groups in total. The molecule has 3 nitrogen and oxygen atoms in total. The Kier molecular flexibility index (Phi) is 5.02. The van der Waals surface area contributed by atoms with Crippen LogP contribution in [-0.2, 0) is 6.54 Å². The Balaban J connectivity index is 1.91. The minimum absolute atomic E-state index is 0.596. The normalized spacial score (nSPS) is 20.9. The van der Waals surface area contributed by atoms with Crippen molar-refractivity contribution in [1.82, 2.24) is 10.2 Å². The first-order valence-electron chi connectivity index (χ1n) is 6.95. The maximum atomic E-state index is 5.68. The summed E-state index contributed by atoms with van der Waals surface area (Å²) in [7, 11) is 0. The maximum absolute atomic E-state index is 5.68. The van der Waals surface area contributed by atoms with Crippen molar-refractivity contribution < 1.29 is 4.74 Å². The van der Waals surface area contributed by atoms with E-state index in [1.54, 1.807) is 0 Å². The first-order chi connectivity index (χ1) is 8.78. The Morgan fingerprint density at radius 3 is 3.11 bits per heavy atom. The molecule has 0 amide bonds. The van der Waals surface area contributed by atoms with E-state index in [0.717, 1.165) is 45.0 Å². The Morgan fingerprint density at radius 1 is 1.44 bits per heavy atom. The van der Waals surface area contributed by atoms with Gasteiger partial charge in [-0.15, -0.1) is 0 Å². The third-order valence-corrected chi connectivity index (χ3v) is 3.23. The Hall–Kier alpha value is -1.06. The summed E-state index contributed by atoms with van der Waals surface area (Å²) in [6, 6.07) is 9.08. The van der Waals surface area contributed by atoms with Crippen LogP contribution in [0, 0.1) is 0 Å². The highest BCUT2D eigenvalue weighted by molar-refractivity contribution is 5.28. The molecule has 3 heteroatoms. The zero-order valence-corrected chi connectivity index (χ0v) is 11.5. The van der Waals surface area contributed by atoms with Crippen LogP contribution in [0.4, 0.5) is 0 Å². The van der Waals surface area contributed by atoms with Gasteiger partial charge in [0.15, 0.2) is 0 Å². The van der Waals surface area contributed by atoms with Crippen LogP contribution >= 0.6 is 0 Å². The molecule has 1 heterocycles. The Bertz CT molecular complexity index is 367. The molecule has 0 aromatic heterocycles. The topological polar surface area (TPSA) is 24.5 Å². The van der Waals surface area contributed by atoms with E-state index in [1.807, 2.05) is 6.07 Å². The van der Waals surface area contributed by atoms with Crippen molar-refractivity contribution in [3.63, 3.8) is 0 Å². The number of ether oxygens (including phenoxy) is 1. The zero-order valence-electron chi connectivity index (χ0n) is 11.5. The second kappa shape index (κ2) is 6.76. The molecule has 1 aromatic rings. The fraction of sp³-hybridized carbons (Fsp3) is 0.600. The highest BCUT2D eigenvalue weighted by Gasteiger charge is 2.15. The molecule has 1 aromatic carbocycles. The van der Waals surface area contributed by atoms with Crippen molar-refractivity contribution in [2.24, 2.45) is 0 Å². The van der Waals surface area contributed by atoms with Gasteiger partial charge >= 0.3 is 0 Å². The molecule has 0 radical (unpaired) electrons. The van der Waals surface area contributed by atoms with Crippen molar-refractivity contribution in [3.05, 3.63) is 29.8 Å². The number of nitrogens with one attached hydrogen (secondary N) is 1. The van der Waals surface area contributed by atoms with Gasteiger partial charge in [0, 0.05) is 32.2 Å². The number of benzene rings is 1. The largest absolute Gasteiger partial charge is 0.494 e. The van der Waals surface area contributed by atoms with Crippen LogP contribution in [0.25, 0.3) is 0 Å². The van der Waals surface area contributed by atoms with E-state index in [2.05, 4.69) is 42.3 Å². The van der Waals surface area contributed by atoms with Gasteiger partial charge in [-0.1, -0.05) is 19.1 Å². The molecule has 18 heavy (non-hydrogen) atoms. The number of hydrogen-bond donors (Lipinski definition) is 1. The average Bonchev–Trinajstić information content (AvgIpc) is 2.37. The molecule has 1 fully saturated rings. The van der Waals surface area contributed by atoms with E-state index in [0.29, 0.717) is 6.04 Å². The lowest BCUT2D eigenvalue weighted by molar-refractivity contribution is 0.199. The second-order valence-electron chi connectivity index (χ2n) is 5.09. The van der Waals surface area contributed by atoms with Crippen molar-refractivity contribution >= 4 is 0 Å². The van der Waals surface area contributed by atoms with Crippen molar-refractivity contribution in [1.29, 1.82) is 0 Å². The minimum Gasteiger partial charge on any atom is -0.494 e. The molecule has 1 atom stereocenters. The molecule has 1 aliphatic rings. The van der Waals surface area contributed by atoms with E-state index in [1.165, 1.54) is 5.56 Å². The first kappa shape index (κ1) is 13.4. The van der Waals surface area contributed by atoms with Crippen LogP contribution in [0.15, 0.2) is 24.3 Å². The summed E-state index contributed by atoms with van der Waals surface area (Å²) in [6.07, 6.45) is 1.06. The van der Waals surface area contributed by atoms with Gasteiger partial charge < -0.3 is 10.1 Å². The van der Waals surface area contributed by atoms with Crippen molar-refractivity contribution in [2.75, 3.05) is 26.2 Å². The highest BCUT2D eigenvalue weighted by Crippen LogP contribution is 2.15. The van der Waals surface area contributed by atoms with Gasteiger partial charge in [0.1, 0.15) is 5.75 Å². The summed E-state index contributed by atoms with van der Waals surface area (Å²) in [4.78, 5) is 2.50. The maximum Gasteiger partial charge on any atom is 0.119 e. The van der Waals surface area contributed by atoms with Crippen LogP contribution in [0.3, 0.4) is 0 Å². The molecule has 1 aliphatic heterocycles. The van der Waals surface area contributed by atoms with Gasteiger partial charge in [-0.3, -0.25) is 4.90 Å². The van der Waals surface area contributed by atoms with E-state index >= 15 is 0 Å². The summed E-state index contributed by atoms with van der Waals surface area (Å²) in [5.74, 6) is 0.998. The smallest absolute Gasteiger partial charge is 0.119 e. The average molecular weight is 248 g/mol. The number of hydrogen-bond acceptors (Lipinski definition) is 3. The molecular formula is C15H24N2O. The molecule has 0 spiro atoms. The van der Waals surface area contributed by atoms with Gasteiger partial charge in [-0.05, 0) is 31.0 Å². The summed E-state index contributed by atoms with van der Waals surface area (Å²) in [5.41, 5.74) is 1.35. The van der Waals surface area contributed by atoms with Crippen LogP contribution in [-0.4, -0.2) is 37.2 Å². The standard InChI is InChI=1S/C15H24N2O/c1-3-9-18-15-6-4-5-14(10-15)12-17-8-7-16-13(2)11-17/h4-6,10,13,16H,3,7-9,11-12H2,1-2H3/t13-/m0/s1. The van der Waals surface area contributed by atoms with E-state index in [-0.39, 0.29) is 0 Å². The quantitative estimate of drug-likeness (QED) is 0.865. The molecule has 100 valence electrons. The van der Waals surface area contributed by atoms with Gasteiger partial charge in [-0.25, -0.2) is 0 Å². The molecule has 1 saturated heterocycles. The second-order valence-corrected chi connectivity index (χ2v) is 5.09. The Labute approximate surface area is 110 Å². The first-order valence-corrected chi connectivity index (χ1v) is 6.95. The SMILES string of the molecule is CCCOc1cccc(CN2CCN[C@@H](C)C2)c1. The van der Waals surface area contributed by atoms with Gasteiger partial charge in [-0.2, -0.15) is 0 Å². The molecular weight excluding hydrogens is 224 g/mol. The van der Waals surface area contributed by atoms with Gasteiger partial charge in [0.25, 0.3) is 0 Å². The summed E-state index contributed by atoms with van der Waals surface area (Å²) < 4.78 is 5.68. The third-order valence-electron chi connectivity index (χ3n) is 3.23. The molecule has 0 aliphatic carbocycles. The summed E-state index contributed by atoms with van der Waals surface area (Å²) in [5, 5.41) is 3.47. The fourth-order valence-corrected chi connectivity index (χ4v) is 2.37. The number of piperazine rings is 1. The lowest BCUT2D eigenvalue weighted by atomic mass is 10.1. The van der Waals surface area contributed by atoms with E-state index in [4.69, 9.17) is 4.74 Å². The predicted molar refractivity (Wildman–Crippen MR) is 75.0 cm³/mol. The number of rotatable bonds is 5. The predicted octanol–water partition coefficient (Wildman–Crippen LogP) is 2.27. The summed E-state index contributed by atoms with van der Waals surface area (Å²) in [6.45, 7) is 9.54. The third kappa shape index (κ3) is 4.00. The lowest BCUT2D eigenvalue weighted by Crippen LogP contribution is -2.48.